The number of phenolic OH excluding ortho intramolecular Hbond substituents is 1. The Morgan fingerprint density at radius 3 is 2.05 bits per heavy atom. The number of H-pyrrole nitrogens is 2. The van der Waals surface area contributed by atoms with Crippen LogP contribution in [-0.2, 0) is 67.2 Å². The zero-order valence-corrected chi connectivity index (χ0v) is 46.8. The second-order valence-electron chi connectivity index (χ2n) is 21.3. The van der Waals surface area contributed by atoms with Crippen molar-refractivity contribution in [2.45, 2.75) is 132 Å². The zero-order chi connectivity index (χ0) is 61.0. The van der Waals surface area contributed by atoms with Crippen LogP contribution < -0.4 is 65.1 Å². The summed E-state index contributed by atoms with van der Waals surface area (Å²) in [5, 5.41) is 53.0. The second-order valence-corrected chi connectivity index (χ2v) is 21.3. The number of imidazole rings is 1. The van der Waals surface area contributed by atoms with Crippen LogP contribution in [-0.4, -0.2) is 182 Å². The number of primary amides is 1. The maximum atomic E-state index is 14.4. The number of aromatic nitrogens is 3. The van der Waals surface area contributed by atoms with Crippen molar-refractivity contribution in [2.75, 3.05) is 32.8 Å². The van der Waals surface area contributed by atoms with Crippen LogP contribution >= 0.6 is 0 Å². The average molecular weight is 1170 g/mol. The Kier molecular flexibility index (Phi) is 23.6. The van der Waals surface area contributed by atoms with Gasteiger partial charge in [-0.25, -0.2) is 4.98 Å². The number of nitrogens with zero attached hydrogens (tertiary/aromatic N) is 2. The van der Waals surface area contributed by atoms with Gasteiger partial charge in [0.05, 0.1) is 31.6 Å². The SMILES string of the molecule is CC(C)C[C@H](NC(=O)CNC(=O)[C@H](Cc1ccc(O)cc1)NC(=O)[C@H](CO)NC(=O)[C@H](Cc1c[nH]c2ccccc12)NC(=O)[C@H](Cc1cnc[nH]1)NC(=O)[C@@H]1CCCN1)C(=O)N[C@@H](CCCNC(=N)N)C(=O)N1CCC[C@H]1C(=O)C(N)C(N)=O. The standard InChI is InChI=1S/C55H77N17O12/c1-29(2)20-38(50(80)67-37(11-6-18-62-55(58)59)54(84)72-19-7-12-43(72)46(76)45(56)47(57)77)66-44(75)26-64-48(78)39(21-30-13-15-33(74)16-14-30)68-53(83)42(27-73)71-51(81)40(22-31-24-63-35-9-4-3-8-34(31)35)69-52(82)41(23-32-25-60-28-65-32)70-49(79)36-10-5-17-61-36/h3-4,8-9,13-16,24-25,28-29,36-43,45,61,63,73-74H,5-7,10-12,17-23,26-27,56H2,1-2H3,(H2,57,77)(H,60,65)(H,64,78)(H,66,75)(H,67,80)(H,68,83)(H,69,82)(H,70,79)(H,71,81)(H4,58,59,62)/t36-,37-,38-,39-,40-,41-,42-,43-,45?/m0/s1. The van der Waals surface area contributed by atoms with E-state index < -0.39 is 126 Å². The first-order chi connectivity index (χ1) is 40.1. The van der Waals surface area contributed by atoms with E-state index in [4.69, 9.17) is 22.6 Å². The van der Waals surface area contributed by atoms with E-state index in [0.717, 1.165) is 17.3 Å². The minimum absolute atomic E-state index is 0.00712. The monoisotopic (exact) mass is 1170 g/mol. The number of likely N-dealkylation sites (tertiary alicyclic amines) is 1. The topological polar surface area (TPSA) is 469 Å². The average Bonchev–Trinajstić information content (AvgIpc) is 4.40. The predicted molar refractivity (Wildman–Crippen MR) is 304 cm³/mol. The summed E-state index contributed by atoms with van der Waals surface area (Å²) in [5.41, 5.74) is 18.8. The number of nitrogens with one attached hydrogen (secondary N) is 12. The molecule has 2 aromatic carbocycles. The molecule has 0 aliphatic carbocycles. The summed E-state index contributed by atoms with van der Waals surface area (Å²) in [4.78, 5) is 149. The first kappa shape index (κ1) is 64.2. The van der Waals surface area contributed by atoms with Crippen LogP contribution in [0.2, 0.25) is 0 Å². The quantitative estimate of drug-likeness (QED) is 0.00990. The highest BCUT2D eigenvalue weighted by molar-refractivity contribution is 6.08. The summed E-state index contributed by atoms with van der Waals surface area (Å²) in [6.45, 7) is 2.70. The third kappa shape index (κ3) is 18.5. The molecule has 29 heteroatoms. The number of ketones is 1. The number of phenols is 1. The van der Waals surface area contributed by atoms with Gasteiger partial charge in [-0.2, -0.15) is 0 Å². The second kappa shape index (κ2) is 30.9. The highest BCUT2D eigenvalue weighted by atomic mass is 16.3. The number of hydrogen-bond donors (Lipinski definition) is 17. The van der Waals surface area contributed by atoms with Crippen LogP contribution in [0.4, 0.5) is 0 Å². The van der Waals surface area contributed by atoms with Gasteiger partial charge < -0.3 is 90.1 Å². The number of hydrogen-bond acceptors (Lipinski definition) is 16. The Bertz CT molecular complexity index is 2970. The maximum absolute atomic E-state index is 14.4. The van der Waals surface area contributed by atoms with E-state index in [9.17, 15) is 58.2 Å². The lowest BCUT2D eigenvalue weighted by Gasteiger charge is -2.30. The third-order valence-electron chi connectivity index (χ3n) is 14.4. The third-order valence-corrected chi connectivity index (χ3v) is 14.4. The highest BCUT2D eigenvalue weighted by Crippen LogP contribution is 2.23. The number of aliphatic hydroxyl groups is 1. The highest BCUT2D eigenvalue weighted by Gasteiger charge is 2.41. The Balaban J connectivity index is 1.16. The van der Waals surface area contributed by atoms with E-state index in [1.165, 1.54) is 41.7 Å². The fourth-order valence-electron chi connectivity index (χ4n) is 10.00. The Morgan fingerprint density at radius 2 is 1.40 bits per heavy atom. The van der Waals surface area contributed by atoms with Crippen LogP contribution in [0.25, 0.3) is 10.9 Å². The zero-order valence-electron chi connectivity index (χ0n) is 46.8. The molecule has 2 aliphatic rings. The van der Waals surface area contributed by atoms with Crippen LogP contribution in [0.1, 0.15) is 75.6 Å². The summed E-state index contributed by atoms with van der Waals surface area (Å²) < 4.78 is 0. The molecule has 20 N–H and O–H groups in total. The van der Waals surface area contributed by atoms with Gasteiger partial charge >= 0.3 is 0 Å². The van der Waals surface area contributed by atoms with Crippen molar-refractivity contribution in [3.05, 3.63) is 84.1 Å². The van der Waals surface area contributed by atoms with Gasteiger partial charge in [-0.15, -0.1) is 0 Å². The molecule has 6 rings (SSSR count). The molecule has 2 aliphatic heterocycles. The molecule has 84 heavy (non-hydrogen) atoms. The number of aromatic amines is 2. The molecule has 0 radical (unpaired) electrons. The molecule has 454 valence electrons. The van der Waals surface area contributed by atoms with Gasteiger partial charge in [0.15, 0.2) is 11.7 Å². The van der Waals surface area contributed by atoms with Crippen molar-refractivity contribution >= 4 is 75.8 Å². The largest absolute Gasteiger partial charge is 0.508 e. The molecule has 2 aromatic heterocycles. The molecule has 1 unspecified atom stereocenters. The van der Waals surface area contributed by atoms with E-state index in [1.807, 2.05) is 18.2 Å². The van der Waals surface area contributed by atoms with Crippen molar-refractivity contribution in [1.82, 2.24) is 67.7 Å². The molecule has 0 spiro atoms. The predicted octanol–water partition coefficient (Wildman–Crippen LogP) is -3.92. The number of rotatable bonds is 31. The maximum Gasteiger partial charge on any atom is 0.245 e. The summed E-state index contributed by atoms with van der Waals surface area (Å²) in [6.07, 6.45) is 6.34. The van der Waals surface area contributed by atoms with Crippen molar-refractivity contribution in [3.8, 4) is 5.75 Å². The van der Waals surface area contributed by atoms with Gasteiger partial charge in [0, 0.05) is 61.3 Å². The molecule has 0 saturated carbocycles. The number of carbonyl (C=O) groups is 10. The van der Waals surface area contributed by atoms with E-state index in [1.54, 1.807) is 26.1 Å². The molecule has 2 fully saturated rings. The minimum atomic E-state index is -1.73. The lowest BCUT2D eigenvalue weighted by molar-refractivity contribution is -0.142. The molecule has 2 saturated heterocycles. The Hall–Kier alpha value is -8.96. The molecule has 0 bridgehead atoms. The number of nitrogens with two attached hydrogens (primary N) is 3. The van der Waals surface area contributed by atoms with Gasteiger partial charge in [-0.05, 0) is 86.7 Å². The fourth-order valence-corrected chi connectivity index (χ4v) is 10.00. The smallest absolute Gasteiger partial charge is 0.245 e. The lowest BCUT2D eigenvalue weighted by atomic mass is 10.0. The molecular formula is C55H77N17O12. The molecular weight excluding hydrogens is 1090 g/mol. The first-order valence-corrected chi connectivity index (χ1v) is 27.8. The minimum Gasteiger partial charge on any atom is -0.508 e. The van der Waals surface area contributed by atoms with Crippen molar-refractivity contribution in [1.29, 1.82) is 5.41 Å². The number of fused-ring (bicyclic) bond motifs is 1. The summed E-state index contributed by atoms with van der Waals surface area (Å²) in [5.74, 6) is -8.80. The number of carbonyl (C=O) groups excluding carboxylic acids is 10. The van der Waals surface area contributed by atoms with Gasteiger partial charge in [0.2, 0.25) is 53.2 Å². The van der Waals surface area contributed by atoms with E-state index in [-0.39, 0.29) is 75.7 Å². The fraction of sp³-hybridized carbons (Fsp3) is 0.491. The van der Waals surface area contributed by atoms with Crippen molar-refractivity contribution in [2.24, 2.45) is 23.1 Å². The van der Waals surface area contributed by atoms with E-state index in [2.05, 4.69) is 62.8 Å². The summed E-state index contributed by atoms with van der Waals surface area (Å²) in [6, 6.07) is 1.22. The van der Waals surface area contributed by atoms with Crippen LogP contribution in [0, 0.1) is 11.3 Å². The molecule has 4 heterocycles. The lowest BCUT2D eigenvalue weighted by Crippen LogP contribution is -2.60. The number of aromatic hydroxyl groups is 1. The molecule has 29 nitrogen and oxygen atoms in total. The molecule has 9 atom stereocenters. The summed E-state index contributed by atoms with van der Waals surface area (Å²) in [7, 11) is 0. The summed E-state index contributed by atoms with van der Waals surface area (Å²) >= 11 is 0. The van der Waals surface area contributed by atoms with Crippen molar-refractivity contribution in [3.63, 3.8) is 0 Å². The van der Waals surface area contributed by atoms with Crippen molar-refractivity contribution < 1.29 is 58.2 Å². The normalized spacial score (nSPS) is 17.3. The van der Waals surface area contributed by atoms with Gasteiger partial charge in [0.1, 0.15) is 48.0 Å². The molecule has 9 amide bonds. The van der Waals surface area contributed by atoms with Crippen LogP contribution in [0.3, 0.4) is 0 Å². The number of aliphatic hydroxyl groups excluding tert-OH is 1. The van der Waals surface area contributed by atoms with Gasteiger partial charge in [-0.1, -0.05) is 44.2 Å². The first-order valence-electron chi connectivity index (χ1n) is 27.8. The number of benzene rings is 2. The number of para-hydroxylation sites is 1. The number of amides is 9. The molecule has 4 aromatic rings. The Morgan fingerprint density at radius 1 is 0.750 bits per heavy atom. The Labute approximate surface area is 483 Å². The van der Waals surface area contributed by atoms with Crippen LogP contribution in [0.15, 0.2) is 67.3 Å². The van der Waals surface area contributed by atoms with Gasteiger partial charge in [-0.3, -0.25) is 53.4 Å². The van der Waals surface area contributed by atoms with Crippen LogP contribution in [0.5, 0.6) is 5.75 Å². The van der Waals surface area contributed by atoms with Gasteiger partial charge in [0.25, 0.3) is 0 Å². The van der Waals surface area contributed by atoms with E-state index >= 15 is 0 Å². The number of guanidine groups is 1. The van der Waals surface area contributed by atoms with E-state index in [0.29, 0.717) is 36.2 Å². The number of Topliss-reactive ketones (excluding diaryl/α,β-unsaturated/α-hetero) is 1.